The van der Waals surface area contributed by atoms with Crippen LogP contribution in [0.3, 0.4) is 0 Å². The average Bonchev–Trinajstić information content (AvgIpc) is 2.73. The van der Waals surface area contributed by atoms with Crippen LogP contribution in [0.1, 0.15) is 53.9 Å². The molecule has 0 aromatic heterocycles. The Balaban J connectivity index is 2.70. The Hall–Kier alpha value is -1.10. The van der Waals surface area contributed by atoms with Gasteiger partial charge in [0.25, 0.3) is 5.91 Å². The molecule has 1 unspecified atom stereocenters. The number of likely N-dealkylation sites (tertiary alicyclic amines) is 1. The molecule has 0 bridgehead atoms. The Morgan fingerprint density at radius 3 is 2.26 bits per heavy atom. The molecule has 0 aliphatic carbocycles. The minimum Gasteiger partial charge on any atom is -0.331 e. The molecule has 1 atom stereocenters. The lowest BCUT2D eigenvalue weighted by Crippen LogP contribution is -2.56. The van der Waals surface area contributed by atoms with E-state index in [0.717, 1.165) is 6.42 Å². The van der Waals surface area contributed by atoms with Crippen molar-refractivity contribution in [3.8, 4) is 0 Å². The summed E-state index contributed by atoms with van der Waals surface area (Å²) in [6, 6.07) is 0.126. The number of amides is 2. The van der Waals surface area contributed by atoms with Crippen molar-refractivity contribution >= 4 is 11.8 Å². The van der Waals surface area contributed by atoms with Gasteiger partial charge in [0.1, 0.15) is 6.04 Å². The van der Waals surface area contributed by atoms with Crippen molar-refractivity contribution in [1.29, 1.82) is 0 Å². The van der Waals surface area contributed by atoms with Gasteiger partial charge in [-0.25, -0.2) is 5.01 Å². The normalized spacial score (nSPS) is 17.7. The molecule has 1 rings (SSSR count). The lowest BCUT2D eigenvalue weighted by Gasteiger charge is -2.34. The Morgan fingerprint density at radius 2 is 1.89 bits per heavy atom. The first-order valence-corrected chi connectivity index (χ1v) is 7.26. The maximum absolute atomic E-state index is 12.4. The molecular formula is C14H27N3O2. The molecule has 1 fully saturated rings. The van der Waals surface area contributed by atoms with Crippen LogP contribution in [0.4, 0.5) is 0 Å². The molecule has 1 N–H and O–H groups in total. The third-order valence-corrected chi connectivity index (χ3v) is 3.53. The highest BCUT2D eigenvalue weighted by atomic mass is 16.2. The van der Waals surface area contributed by atoms with Gasteiger partial charge in [-0.3, -0.25) is 15.0 Å². The maximum atomic E-state index is 12.4. The van der Waals surface area contributed by atoms with Gasteiger partial charge < -0.3 is 4.90 Å². The molecule has 0 aromatic carbocycles. The molecule has 5 nitrogen and oxygen atoms in total. The first-order chi connectivity index (χ1) is 8.88. The summed E-state index contributed by atoms with van der Waals surface area (Å²) in [5.41, 5.74) is 2.96. The fourth-order valence-electron chi connectivity index (χ4n) is 2.60. The van der Waals surface area contributed by atoms with Crippen LogP contribution in [-0.2, 0) is 9.59 Å². The van der Waals surface area contributed by atoms with Crippen LogP contribution < -0.4 is 5.43 Å². The van der Waals surface area contributed by atoms with E-state index < -0.39 is 0 Å². The monoisotopic (exact) mass is 269 g/mol. The van der Waals surface area contributed by atoms with Crippen molar-refractivity contribution in [3.05, 3.63) is 0 Å². The van der Waals surface area contributed by atoms with E-state index in [-0.39, 0.29) is 29.9 Å². The minimum absolute atomic E-state index is 0.0693. The number of hydrazine groups is 1. The second-order valence-electron chi connectivity index (χ2n) is 5.69. The van der Waals surface area contributed by atoms with E-state index in [0.29, 0.717) is 19.4 Å². The number of nitrogens with zero attached hydrogens (tertiary/aromatic N) is 2. The van der Waals surface area contributed by atoms with Crippen molar-refractivity contribution < 1.29 is 9.59 Å². The van der Waals surface area contributed by atoms with Crippen LogP contribution in [-0.4, -0.2) is 46.4 Å². The molecule has 5 heteroatoms. The van der Waals surface area contributed by atoms with Crippen molar-refractivity contribution in [2.75, 3.05) is 6.54 Å². The minimum atomic E-state index is -0.338. The lowest BCUT2D eigenvalue weighted by molar-refractivity contribution is -0.141. The van der Waals surface area contributed by atoms with Crippen LogP contribution >= 0.6 is 0 Å². The number of carbonyl (C=O) groups is 2. The topological polar surface area (TPSA) is 52.7 Å². The standard InChI is InChI=1S/C14H27N3O2/c1-6-12(16-9-7-8-13(16)18)14(19)15-17(10(2)3)11(4)5/h10-12H,6-9H2,1-5H3,(H,15,19). The van der Waals surface area contributed by atoms with E-state index >= 15 is 0 Å². The van der Waals surface area contributed by atoms with Gasteiger partial charge in [-0.2, -0.15) is 0 Å². The third kappa shape index (κ3) is 3.93. The summed E-state index contributed by atoms with van der Waals surface area (Å²) in [4.78, 5) is 25.9. The second kappa shape index (κ2) is 6.89. The van der Waals surface area contributed by atoms with E-state index in [1.165, 1.54) is 0 Å². The molecule has 0 radical (unpaired) electrons. The van der Waals surface area contributed by atoms with E-state index in [1.54, 1.807) is 4.90 Å². The third-order valence-electron chi connectivity index (χ3n) is 3.53. The predicted molar refractivity (Wildman–Crippen MR) is 75.3 cm³/mol. The van der Waals surface area contributed by atoms with Crippen molar-refractivity contribution in [2.24, 2.45) is 0 Å². The SMILES string of the molecule is CCC(C(=O)NN(C(C)C)C(C)C)N1CCCC1=O. The highest BCUT2D eigenvalue weighted by molar-refractivity contribution is 5.88. The summed E-state index contributed by atoms with van der Waals surface area (Å²) in [5.74, 6) is 0.0304. The zero-order valence-corrected chi connectivity index (χ0v) is 12.8. The fraction of sp³-hybridized carbons (Fsp3) is 0.857. The van der Waals surface area contributed by atoms with Crippen LogP contribution in [0, 0.1) is 0 Å². The molecule has 1 saturated heterocycles. The zero-order chi connectivity index (χ0) is 14.6. The Kier molecular flexibility index (Phi) is 5.79. The zero-order valence-electron chi connectivity index (χ0n) is 12.8. The molecule has 19 heavy (non-hydrogen) atoms. The molecule has 0 spiro atoms. The van der Waals surface area contributed by atoms with Crippen LogP contribution in [0.15, 0.2) is 0 Å². The fourth-order valence-corrected chi connectivity index (χ4v) is 2.60. The molecule has 1 heterocycles. The lowest BCUT2D eigenvalue weighted by atomic mass is 10.2. The summed E-state index contributed by atoms with van der Waals surface area (Å²) in [5, 5.41) is 1.94. The van der Waals surface area contributed by atoms with Crippen molar-refractivity contribution in [3.63, 3.8) is 0 Å². The second-order valence-corrected chi connectivity index (χ2v) is 5.69. The summed E-state index contributed by atoms with van der Waals surface area (Å²) in [7, 11) is 0. The number of hydrogen-bond donors (Lipinski definition) is 1. The summed E-state index contributed by atoms with van der Waals surface area (Å²) in [6.45, 7) is 10.8. The van der Waals surface area contributed by atoms with Gasteiger partial charge in [0.05, 0.1) is 0 Å². The average molecular weight is 269 g/mol. The molecule has 1 aliphatic rings. The van der Waals surface area contributed by atoms with E-state index in [9.17, 15) is 9.59 Å². The Labute approximate surface area is 116 Å². The van der Waals surface area contributed by atoms with E-state index in [1.807, 2.05) is 39.6 Å². The van der Waals surface area contributed by atoms with Crippen LogP contribution in [0.25, 0.3) is 0 Å². The molecule has 110 valence electrons. The highest BCUT2D eigenvalue weighted by Gasteiger charge is 2.32. The maximum Gasteiger partial charge on any atom is 0.257 e. The number of rotatable bonds is 6. The Morgan fingerprint density at radius 1 is 1.32 bits per heavy atom. The van der Waals surface area contributed by atoms with Crippen LogP contribution in [0.2, 0.25) is 0 Å². The molecule has 0 saturated carbocycles. The smallest absolute Gasteiger partial charge is 0.257 e. The summed E-state index contributed by atoms with van der Waals surface area (Å²) < 4.78 is 0. The van der Waals surface area contributed by atoms with Gasteiger partial charge in [-0.1, -0.05) is 6.92 Å². The number of nitrogens with one attached hydrogen (secondary N) is 1. The van der Waals surface area contributed by atoms with Gasteiger partial charge in [0.15, 0.2) is 0 Å². The number of carbonyl (C=O) groups excluding carboxylic acids is 2. The molecule has 0 aromatic rings. The van der Waals surface area contributed by atoms with E-state index in [2.05, 4.69) is 5.43 Å². The van der Waals surface area contributed by atoms with Gasteiger partial charge in [0.2, 0.25) is 5.91 Å². The Bertz CT molecular complexity index is 321. The number of hydrogen-bond acceptors (Lipinski definition) is 3. The van der Waals surface area contributed by atoms with Gasteiger partial charge in [-0.15, -0.1) is 0 Å². The first-order valence-electron chi connectivity index (χ1n) is 7.26. The summed E-state index contributed by atoms with van der Waals surface area (Å²) >= 11 is 0. The van der Waals surface area contributed by atoms with Gasteiger partial charge in [-0.05, 0) is 40.5 Å². The summed E-state index contributed by atoms with van der Waals surface area (Å²) in [6.07, 6.45) is 2.09. The highest BCUT2D eigenvalue weighted by Crippen LogP contribution is 2.16. The predicted octanol–water partition coefficient (Wildman–Crippen LogP) is 1.54. The first kappa shape index (κ1) is 16.0. The molecular weight excluding hydrogens is 242 g/mol. The molecule has 1 aliphatic heterocycles. The quantitative estimate of drug-likeness (QED) is 0.744. The van der Waals surface area contributed by atoms with Crippen LogP contribution in [0.5, 0.6) is 0 Å². The van der Waals surface area contributed by atoms with Gasteiger partial charge in [0, 0.05) is 25.0 Å². The van der Waals surface area contributed by atoms with Crippen molar-refractivity contribution in [1.82, 2.24) is 15.3 Å². The van der Waals surface area contributed by atoms with Crippen molar-refractivity contribution in [2.45, 2.75) is 72.0 Å². The largest absolute Gasteiger partial charge is 0.331 e. The van der Waals surface area contributed by atoms with Gasteiger partial charge >= 0.3 is 0 Å². The van der Waals surface area contributed by atoms with E-state index in [4.69, 9.17) is 0 Å². The molecule has 2 amide bonds.